The predicted molar refractivity (Wildman–Crippen MR) is 122 cm³/mol. The van der Waals surface area contributed by atoms with Crippen LogP contribution < -0.4 is 19.6 Å². The molecule has 0 spiro atoms. The number of hydrogen-bond acceptors (Lipinski definition) is 7. The molecular weight excluding hydrogens is 480 g/mol. The lowest BCUT2D eigenvalue weighted by Gasteiger charge is -2.09. The number of carbonyl (C=O) groups excluding carboxylic acids is 2. The van der Waals surface area contributed by atoms with Gasteiger partial charge in [0.15, 0.2) is 11.5 Å². The minimum atomic E-state index is -0.555. The van der Waals surface area contributed by atoms with Gasteiger partial charge in [-0.1, -0.05) is 15.9 Å². The van der Waals surface area contributed by atoms with E-state index >= 15 is 0 Å². The predicted octanol–water partition coefficient (Wildman–Crippen LogP) is 4.16. The number of esters is 1. The van der Waals surface area contributed by atoms with Crippen molar-refractivity contribution in [1.29, 1.82) is 0 Å². The summed E-state index contributed by atoms with van der Waals surface area (Å²) in [7, 11) is 2.99. The standard InChI is InChI=1S/C23H19BrN2O6/c1-30-20-10-5-15(11-21(20)31-2)23(29)32-17-7-3-14(4-8-17)13-25-26-22(28)18-12-16(24)6-9-19(18)27/h3-13,27H,1-2H3,(H,26,28)/b25-13-. The number of rotatable bonds is 7. The highest BCUT2D eigenvalue weighted by molar-refractivity contribution is 9.10. The quantitative estimate of drug-likeness (QED) is 0.219. The zero-order valence-electron chi connectivity index (χ0n) is 17.2. The number of ether oxygens (including phenoxy) is 3. The van der Waals surface area contributed by atoms with Crippen LogP contribution in [0.25, 0.3) is 0 Å². The van der Waals surface area contributed by atoms with Gasteiger partial charge in [-0.15, -0.1) is 0 Å². The van der Waals surface area contributed by atoms with E-state index in [1.54, 1.807) is 42.5 Å². The van der Waals surface area contributed by atoms with Gasteiger partial charge in [0.05, 0.1) is 31.6 Å². The number of hydrazone groups is 1. The Hall–Kier alpha value is -3.85. The van der Waals surface area contributed by atoms with Crippen molar-refractivity contribution in [2.45, 2.75) is 0 Å². The number of hydrogen-bond donors (Lipinski definition) is 2. The second kappa shape index (κ2) is 10.5. The average Bonchev–Trinajstić information content (AvgIpc) is 2.81. The first kappa shape index (κ1) is 22.8. The fourth-order valence-corrected chi connectivity index (χ4v) is 3.03. The van der Waals surface area contributed by atoms with Gasteiger partial charge < -0.3 is 19.3 Å². The largest absolute Gasteiger partial charge is 0.507 e. The number of amides is 1. The Balaban J connectivity index is 1.60. The summed E-state index contributed by atoms with van der Waals surface area (Å²) in [5.74, 6) is 0.0159. The number of carbonyl (C=O) groups is 2. The first-order chi connectivity index (χ1) is 15.4. The van der Waals surface area contributed by atoms with Gasteiger partial charge in [-0.2, -0.15) is 5.10 Å². The maximum atomic E-state index is 12.4. The van der Waals surface area contributed by atoms with E-state index in [-0.39, 0.29) is 11.3 Å². The fraction of sp³-hybridized carbons (Fsp3) is 0.0870. The number of phenols is 1. The summed E-state index contributed by atoms with van der Waals surface area (Å²) >= 11 is 3.24. The number of methoxy groups -OCH3 is 2. The van der Waals surface area contributed by atoms with E-state index in [1.807, 2.05) is 0 Å². The van der Waals surface area contributed by atoms with Crippen LogP contribution in [0, 0.1) is 0 Å². The van der Waals surface area contributed by atoms with E-state index in [2.05, 4.69) is 26.5 Å². The van der Waals surface area contributed by atoms with Gasteiger partial charge in [-0.25, -0.2) is 10.2 Å². The highest BCUT2D eigenvalue weighted by atomic mass is 79.9. The Bertz CT molecular complexity index is 1160. The Kier molecular flexibility index (Phi) is 7.45. The van der Waals surface area contributed by atoms with Crippen LogP contribution in [-0.2, 0) is 0 Å². The number of nitrogens with zero attached hydrogens (tertiary/aromatic N) is 1. The first-order valence-electron chi connectivity index (χ1n) is 9.27. The maximum Gasteiger partial charge on any atom is 0.343 e. The van der Waals surface area contributed by atoms with E-state index in [9.17, 15) is 14.7 Å². The van der Waals surface area contributed by atoms with E-state index < -0.39 is 11.9 Å². The summed E-state index contributed by atoms with van der Waals surface area (Å²) in [6.07, 6.45) is 1.42. The van der Waals surface area contributed by atoms with E-state index in [1.165, 1.54) is 38.6 Å². The zero-order chi connectivity index (χ0) is 23.1. The van der Waals surface area contributed by atoms with Crippen molar-refractivity contribution in [3.63, 3.8) is 0 Å². The molecule has 0 unspecified atom stereocenters. The molecule has 0 radical (unpaired) electrons. The van der Waals surface area contributed by atoms with Crippen LogP contribution in [0.15, 0.2) is 70.2 Å². The first-order valence-corrected chi connectivity index (χ1v) is 10.1. The number of halogens is 1. The van der Waals surface area contributed by atoms with E-state index in [0.717, 1.165) is 0 Å². The molecule has 0 saturated carbocycles. The Labute approximate surface area is 192 Å². The molecular formula is C23H19BrN2O6. The minimum Gasteiger partial charge on any atom is -0.507 e. The average molecular weight is 499 g/mol. The SMILES string of the molecule is COc1ccc(C(=O)Oc2ccc(/C=N\NC(=O)c3cc(Br)ccc3O)cc2)cc1OC. The van der Waals surface area contributed by atoms with Crippen molar-refractivity contribution in [2.75, 3.05) is 14.2 Å². The summed E-state index contributed by atoms with van der Waals surface area (Å²) in [6.45, 7) is 0. The molecule has 0 bridgehead atoms. The molecule has 0 aliphatic carbocycles. The van der Waals surface area contributed by atoms with Crippen molar-refractivity contribution < 1.29 is 28.9 Å². The van der Waals surface area contributed by atoms with Crippen molar-refractivity contribution in [3.8, 4) is 23.0 Å². The van der Waals surface area contributed by atoms with Gasteiger partial charge in [0.25, 0.3) is 5.91 Å². The van der Waals surface area contributed by atoms with Crippen molar-refractivity contribution in [2.24, 2.45) is 5.10 Å². The molecule has 3 aromatic carbocycles. The summed E-state index contributed by atoms with van der Waals surface area (Å²) in [5, 5.41) is 13.7. The molecule has 0 saturated heterocycles. The Morgan fingerprint density at radius 2 is 1.69 bits per heavy atom. The third kappa shape index (κ3) is 5.64. The van der Waals surface area contributed by atoms with E-state index in [4.69, 9.17) is 14.2 Å². The molecule has 0 fully saturated rings. The molecule has 0 aliphatic rings. The highest BCUT2D eigenvalue weighted by Gasteiger charge is 2.13. The molecule has 3 aromatic rings. The van der Waals surface area contributed by atoms with Crippen LogP contribution in [0.4, 0.5) is 0 Å². The lowest BCUT2D eigenvalue weighted by Crippen LogP contribution is -2.17. The van der Waals surface area contributed by atoms with Crippen LogP contribution in [0.1, 0.15) is 26.3 Å². The second-order valence-corrected chi connectivity index (χ2v) is 7.30. The molecule has 0 atom stereocenters. The number of nitrogens with one attached hydrogen (secondary N) is 1. The summed E-state index contributed by atoms with van der Waals surface area (Å²) < 4.78 is 16.4. The molecule has 0 heterocycles. The number of aromatic hydroxyl groups is 1. The smallest absolute Gasteiger partial charge is 0.343 e. The molecule has 8 nitrogen and oxygen atoms in total. The molecule has 3 rings (SSSR count). The third-order valence-electron chi connectivity index (χ3n) is 4.29. The topological polar surface area (TPSA) is 106 Å². The van der Waals surface area contributed by atoms with Gasteiger partial charge in [0.2, 0.25) is 0 Å². The molecule has 2 N–H and O–H groups in total. The summed E-state index contributed by atoms with van der Waals surface area (Å²) in [5.41, 5.74) is 3.41. The highest BCUT2D eigenvalue weighted by Crippen LogP contribution is 2.28. The van der Waals surface area contributed by atoms with Crippen LogP contribution in [-0.4, -0.2) is 37.4 Å². The van der Waals surface area contributed by atoms with Crippen LogP contribution >= 0.6 is 15.9 Å². The lowest BCUT2D eigenvalue weighted by atomic mass is 10.2. The normalized spacial score (nSPS) is 10.6. The van der Waals surface area contributed by atoms with Crippen molar-refractivity contribution in [3.05, 3.63) is 81.8 Å². The van der Waals surface area contributed by atoms with E-state index in [0.29, 0.717) is 32.8 Å². The molecule has 164 valence electrons. The number of phenolic OH excluding ortho intramolecular Hbond substituents is 1. The van der Waals surface area contributed by atoms with Gasteiger partial charge in [0.1, 0.15) is 11.5 Å². The summed E-state index contributed by atoms with van der Waals surface area (Å²) in [6, 6.07) is 15.8. The monoisotopic (exact) mass is 498 g/mol. The van der Waals surface area contributed by atoms with Crippen LogP contribution in [0.2, 0.25) is 0 Å². The van der Waals surface area contributed by atoms with Gasteiger partial charge in [-0.3, -0.25) is 4.79 Å². The molecule has 1 amide bonds. The zero-order valence-corrected chi connectivity index (χ0v) is 18.8. The minimum absolute atomic E-state index is 0.0916. The van der Waals surface area contributed by atoms with Crippen molar-refractivity contribution >= 4 is 34.0 Å². The van der Waals surface area contributed by atoms with Crippen molar-refractivity contribution in [1.82, 2.24) is 5.43 Å². The maximum absolute atomic E-state index is 12.4. The number of benzene rings is 3. The molecule has 9 heteroatoms. The van der Waals surface area contributed by atoms with Crippen LogP contribution in [0.5, 0.6) is 23.0 Å². The molecule has 0 aliphatic heterocycles. The lowest BCUT2D eigenvalue weighted by molar-refractivity contribution is 0.0734. The van der Waals surface area contributed by atoms with Crippen LogP contribution in [0.3, 0.4) is 0 Å². The van der Waals surface area contributed by atoms with Gasteiger partial charge in [0, 0.05) is 4.47 Å². The Morgan fingerprint density at radius 3 is 2.38 bits per heavy atom. The third-order valence-corrected chi connectivity index (χ3v) is 4.79. The summed E-state index contributed by atoms with van der Waals surface area (Å²) in [4.78, 5) is 24.5. The Morgan fingerprint density at radius 1 is 0.969 bits per heavy atom. The second-order valence-electron chi connectivity index (χ2n) is 6.39. The molecule has 32 heavy (non-hydrogen) atoms. The fourth-order valence-electron chi connectivity index (χ4n) is 2.67. The molecule has 0 aromatic heterocycles. The van der Waals surface area contributed by atoms with Gasteiger partial charge in [-0.05, 0) is 66.2 Å². The van der Waals surface area contributed by atoms with Gasteiger partial charge >= 0.3 is 5.97 Å².